The average molecular weight is 481 g/mol. The van der Waals surface area contributed by atoms with Gasteiger partial charge in [-0.15, -0.1) is 10.2 Å². The van der Waals surface area contributed by atoms with Crippen molar-refractivity contribution >= 4 is 40.2 Å². The minimum atomic E-state index is -0.316. The summed E-state index contributed by atoms with van der Waals surface area (Å²) in [5.41, 5.74) is 5.29. The minimum Gasteiger partial charge on any atom is -0.466 e. The fourth-order valence-electron chi connectivity index (χ4n) is 3.57. The van der Waals surface area contributed by atoms with E-state index in [-0.39, 0.29) is 12.4 Å². The van der Waals surface area contributed by atoms with Gasteiger partial charge in [0.05, 0.1) is 18.7 Å². The standard InChI is InChI=1S/C25H25ClN4O2S/c1-4-32-22(31)13-21-28-29-25(30(21)14-18-8-6-5-7-9-18)33-15-20-12-19-11-10-16(2)17(3)23(19)27-24(20)26/h5-12H,4,13-15H2,1-3H3. The zero-order valence-corrected chi connectivity index (χ0v) is 20.4. The third kappa shape index (κ3) is 5.37. The van der Waals surface area contributed by atoms with E-state index in [1.807, 2.05) is 34.9 Å². The summed E-state index contributed by atoms with van der Waals surface area (Å²) in [7, 11) is 0. The minimum absolute atomic E-state index is 0.0746. The van der Waals surface area contributed by atoms with Crippen LogP contribution < -0.4 is 0 Å². The molecule has 0 aliphatic rings. The Morgan fingerprint density at radius 1 is 1.12 bits per heavy atom. The number of fused-ring (bicyclic) bond motifs is 1. The summed E-state index contributed by atoms with van der Waals surface area (Å²) in [5, 5.41) is 10.9. The second kappa shape index (κ2) is 10.4. The highest BCUT2D eigenvalue weighted by atomic mass is 35.5. The van der Waals surface area contributed by atoms with Gasteiger partial charge in [0.2, 0.25) is 0 Å². The van der Waals surface area contributed by atoms with E-state index < -0.39 is 0 Å². The summed E-state index contributed by atoms with van der Waals surface area (Å²) in [6.07, 6.45) is 0.0746. The fourth-order valence-corrected chi connectivity index (χ4v) is 4.78. The predicted molar refractivity (Wildman–Crippen MR) is 132 cm³/mol. The van der Waals surface area contributed by atoms with Crippen LogP contribution in [0.1, 0.15) is 35.0 Å². The summed E-state index contributed by atoms with van der Waals surface area (Å²) in [6, 6.07) is 16.3. The SMILES string of the molecule is CCOC(=O)Cc1nnc(SCc2cc3ccc(C)c(C)c3nc2Cl)n1Cc1ccccc1. The highest BCUT2D eigenvalue weighted by molar-refractivity contribution is 7.98. The van der Waals surface area contributed by atoms with E-state index in [2.05, 4.69) is 47.2 Å². The van der Waals surface area contributed by atoms with Gasteiger partial charge >= 0.3 is 5.97 Å². The van der Waals surface area contributed by atoms with Crippen molar-refractivity contribution in [2.75, 3.05) is 6.61 Å². The summed E-state index contributed by atoms with van der Waals surface area (Å²) >= 11 is 8.07. The Hall–Kier alpha value is -2.90. The molecule has 0 bridgehead atoms. The lowest BCUT2D eigenvalue weighted by molar-refractivity contribution is -0.142. The molecule has 0 atom stereocenters. The van der Waals surface area contributed by atoms with Crippen molar-refractivity contribution < 1.29 is 9.53 Å². The first-order valence-corrected chi connectivity index (χ1v) is 12.1. The number of carbonyl (C=O) groups excluding carboxylic acids is 1. The number of pyridine rings is 1. The average Bonchev–Trinajstić information content (AvgIpc) is 3.17. The van der Waals surface area contributed by atoms with Crippen LogP contribution in [0.5, 0.6) is 0 Å². The molecule has 0 N–H and O–H groups in total. The molecule has 0 spiro atoms. The van der Waals surface area contributed by atoms with Crippen LogP contribution in [-0.4, -0.2) is 32.3 Å². The molecule has 4 rings (SSSR count). The number of ether oxygens (including phenoxy) is 1. The van der Waals surface area contributed by atoms with Gasteiger partial charge in [0.25, 0.3) is 0 Å². The molecule has 2 heterocycles. The number of hydrogen-bond donors (Lipinski definition) is 0. The zero-order chi connectivity index (χ0) is 23.4. The number of aryl methyl sites for hydroxylation is 2. The Kier molecular flexibility index (Phi) is 7.30. The molecule has 0 saturated carbocycles. The fraction of sp³-hybridized carbons (Fsp3) is 0.280. The van der Waals surface area contributed by atoms with Crippen LogP contribution in [0.15, 0.2) is 53.7 Å². The lowest BCUT2D eigenvalue weighted by Gasteiger charge is -2.12. The van der Waals surface area contributed by atoms with Gasteiger partial charge in [-0.2, -0.15) is 0 Å². The molecule has 0 fully saturated rings. The quantitative estimate of drug-likeness (QED) is 0.187. The van der Waals surface area contributed by atoms with E-state index >= 15 is 0 Å². The van der Waals surface area contributed by atoms with E-state index in [4.69, 9.17) is 16.3 Å². The van der Waals surface area contributed by atoms with Gasteiger partial charge in [-0.25, -0.2) is 4.98 Å². The smallest absolute Gasteiger partial charge is 0.313 e. The van der Waals surface area contributed by atoms with Crippen molar-refractivity contribution in [3.8, 4) is 0 Å². The molecule has 8 heteroatoms. The number of thioether (sulfide) groups is 1. The van der Waals surface area contributed by atoms with Gasteiger partial charge in [0, 0.05) is 16.7 Å². The normalized spacial score (nSPS) is 11.2. The molecule has 0 aliphatic heterocycles. The second-order valence-corrected chi connectivity index (χ2v) is 9.06. The van der Waals surface area contributed by atoms with Crippen LogP contribution in [0, 0.1) is 13.8 Å². The number of halogens is 1. The Morgan fingerprint density at radius 3 is 2.67 bits per heavy atom. The van der Waals surface area contributed by atoms with E-state index in [0.29, 0.717) is 29.9 Å². The number of aromatic nitrogens is 4. The van der Waals surface area contributed by atoms with Gasteiger partial charge in [0.1, 0.15) is 17.4 Å². The number of rotatable bonds is 8. The Morgan fingerprint density at radius 2 is 1.91 bits per heavy atom. The molecular weight excluding hydrogens is 456 g/mol. The third-order valence-electron chi connectivity index (χ3n) is 5.48. The monoisotopic (exact) mass is 480 g/mol. The van der Waals surface area contributed by atoms with Crippen molar-refractivity contribution in [2.24, 2.45) is 0 Å². The van der Waals surface area contributed by atoms with Gasteiger partial charge in [-0.3, -0.25) is 4.79 Å². The molecule has 4 aromatic rings. The van der Waals surface area contributed by atoms with Crippen LogP contribution in [0.25, 0.3) is 10.9 Å². The molecule has 0 saturated heterocycles. The van der Waals surface area contributed by atoms with Crippen LogP contribution in [0.2, 0.25) is 5.15 Å². The highest BCUT2D eigenvalue weighted by Gasteiger charge is 2.18. The molecule has 0 unspecified atom stereocenters. The topological polar surface area (TPSA) is 69.9 Å². The molecular formula is C25H25ClN4O2S. The van der Waals surface area contributed by atoms with Crippen LogP contribution >= 0.6 is 23.4 Å². The van der Waals surface area contributed by atoms with Crippen molar-refractivity contribution in [2.45, 2.75) is 44.6 Å². The first-order chi connectivity index (χ1) is 16.0. The number of nitrogens with zero attached hydrogens (tertiary/aromatic N) is 4. The highest BCUT2D eigenvalue weighted by Crippen LogP contribution is 2.30. The molecule has 6 nitrogen and oxygen atoms in total. The van der Waals surface area contributed by atoms with E-state index in [1.54, 1.807) is 6.92 Å². The first kappa shape index (κ1) is 23.3. The molecule has 2 aromatic carbocycles. The van der Waals surface area contributed by atoms with Crippen molar-refractivity contribution in [3.63, 3.8) is 0 Å². The number of benzene rings is 2. The third-order valence-corrected chi connectivity index (χ3v) is 6.82. The molecule has 2 aromatic heterocycles. The second-order valence-electron chi connectivity index (χ2n) is 7.76. The van der Waals surface area contributed by atoms with Gasteiger partial charge in [0.15, 0.2) is 5.16 Å². The van der Waals surface area contributed by atoms with Crippen molar-refractivity contribution in [1.29, 1.82) is 0 Å². The lowest BCUT2D eigenvalue weighted by atomic mass is 10.0. The molecule has 33 heavy (non-hydrogen) atoms. The molecule has 0 radical (unpaired) electrons. The lowest BCUT2D eigenvalue weighted by Crippen LogP contribution is -2.14. The maximum absolute atomic E-state index is 12.1. The van der Waals surface area contributed by atoms with Crippen LogP contribution in [0.4, 0.5) is 0 Å². The first-order valence-electron chi connectivity index (χ1n) is 10.8. The summed E-state index contributed by atoms with van der Waals surface area (Å²) < 4.78 is 7.08. The Balaban J connectivity index is 1.61. The van der Waals surface area contributed by atoms with Crippen LogP contribution in [0.3, 0.4) is 0 Å². The predicted octanol–water partition coefficient (Wildman–Crippen LogP) is 5.54. The van der Waals surface area contributed by atoms with E-state index in [1.165, 1.54) is 17.3 Å². The molecule has 0 amide bonds. The van der Waals surface area contributed by atoms with Gasteiger partial charge in [-0.05, 0) is 43.5 Å². The van der Waals surface area contributed by atoms with Crippen molar-refractivity contribution in [3.05, 3.63) is 81.8 Å². The van der Waals surface area contributed by atoms with E-state index in [9.17, 15) is 4.79 Å². The van der Waals surface area contributed by atoms with Gasteiger partial charge in [-0.1, -0.05) is 65.8 Å². The maximum Gasteiger partial charge on any atom is 0.313 e. The number of esters is 1. The summed E-state index contributed by atoms with van der Waals surface area (Å²) in [4.78, 5) is 16.7. The molecule has 170 valence electrons. The molecule has 0 aliphatic carbocycles. The Bertz CT molecular complexity index is 1290. The summed E-state index contributed by atoms with van der Waals surface area (Å²) in [6.45, 7) is 6.82. The maximum atomic E-state index is 12.1. The van der Waals surface area contributed by atoms with Gasteiger partial charge < -0.3 is 9.30 Å². The zero-order valence-electron chi connectivity index (χ0n) is 18.8. The summed E-state index contributed by atoms with van der Waals surface area (Å²) in [5.74, 6) is 0.845. The number of carbonyl (C=O) groups is 1. The van der Waals surface area contributed by atoms with E-state index in [0.717, 1.165) is 32.7 Å². The number of hydrogen-bond acceptors (Lipinski definition) is 6. The van der Waals surface area contributed by atoms with Crippen molar-refractivity contribution in [1.82, 2.24) is 19.7 Å². The Labute approximate surface area is 202 Å². The largest absolute Gasteiger partial charge is 0.466 e. The van der Waals surface area contributed by atoms with Crippen LogP contribution in [-0.2, 0) is 28.2 Å².